The number of rotatable bonds is 4. The van der Waals surface area contributed by atoms with Crippen molar-refractivity contribution in [1.82, 2.24) is 10.6 Å². The van der Waals surface area contributed by atoms with E-state index in [2.05, 4.69) is 23.6 Å². The van der Waals surface area contributed by atoms with Crippen LogP contribution in [0.25, 0.3) is 0 Å². The molecule has 2 unspecified atom stereocenters. The maximum atomic E-state index is 11.1. The fraction of sp³-hybridized carbons (Fsp3) is 0.462. The summed E-state index contributed by atoms with van der Waals surface area (Å²) in [5, 5.41) is 6.26. The van der Waals surface area contributed by atoms with Gasteiger partial charge in [0.1, 0.15) is 5.75 Å². The zero-order valence-electron chi connectivity index (χ0n) is 10.2. The SMILES string of the molecule is COc1cccc(C(C)NC2CNC(=O)C2)c1. The van der Waals surface area contributed by atoms with Crippen LogP contribution in [0.4, 0.5) is 0 Å². The third-order valence-corrected chi connectivity index (χ3v) is 3.06. The Bertz CT molecular complexity index is 406. The van der Waals surface area contributed by atoms with Gasteiger partial charge in [-0.05, 0) is 24.6 Å². The van der Waals surface area contributed by atoms with Crippen molar-refractivity contribution in [2.45, 2.75) is 25.4 Å². The lowest BCUT2D eigenvalue weighted by Crippen LogP contribution is -2.33. The molecule has 17 heavy (non-hydrogen) atoms. The third-order valence-electron chi connectivity index (χ3n) is 3.06. The zero-order chi connectivity index (χ0) is 12.3. The first-order valence-electron chi connectivity index (χ1n) is 5.85. The molecule has 4 nitrogen and oxygen atoms in total. The van der Waals surface area contributed by atoms with Gasteiger partial charge in [-0.2, -0.15) is 0 Å². The number of methoxy groups -OCH3 is 1. The number of benzene rings is 1. The van der Waals surface area contributed by atoms with Gasteiger partial charge in [-0.25, -0.2) is 0 Å². The van der Waals surface area contributed by atoms with E-state index in [1.54, 1.807) is 7.11 Å². The Morgan fingerprint density at radius 2 is 2.35 bits per heavy atom. The Hall–Kier alpha value is -1.55. The van der Waals surface area contributed by atoms with Crippen molar-refractivity contribution in [3.8, 4) is 5.75 Å². The summed E-state index contributed by atoms with van der Waals surface area (Å²) in [7, 11) is 1.66. The summed E-state index contributed by atoms with van der Waals surface area (Å²) < 4.78 is 5.20. The summed E-state index contributed by atoms with van der Waals surface area (Å²) in [5.41, 5.74) is 1.17. The molecule has 4 heteroatoms. The molecule has 1 amide bonds. The number of hydrogen-bond acceptors (Lipinski definition) is 3. The molecule has 0 radical (unpaired) electrons. The van der Waals surface area contributed by atoms with Crippen LogP contribution in [0, 0.1) is 0 Å². The van der Waals surface area contributed by atoms with Gasteiger partial charge in [0, 0.05) is 25.0 Å². The standard InChI is InChI=1S/C13H18N2O2/c1-9(15-11-7-13(16)14-8-11)10-4-3-5-12(6-10)17-2/h3-6,9,11,15H,7-8H2,1-2H3,(H,14,16). The molecule has 1 aliphatic rings. The van der Waals surface area contributed by atoms with Gasteiger partial charge in [0.15, 0.2) is 0 Å². The van der Waals surface area contributed by atoms with E-state index < -0.39 is 0 Å². The minimum Gasteiger partial charge on any atom is -0.497 e. The fourth-order valence-electron chi connectivity index (χ4n) is 2.08. The molecular weight excluding hydrogens is 216 g/mol. The van der Waals surface area contributed by atoms with Crippen LogP contribution in [0.15, 0.2) is 24.3 Å². The van der Waals surface area contributed by atoms with E-state index in [4.69, 9.17) is 4.74 Å². The minimum atomic E-state index is 0.125. The number of nitrogens with one attached hydrogen (secondary N) is 2. The Morgan fingerprint density at radius 1 is 1.53 bits per heavy atom. The minimum absolute atomic E-state index is 0.125. The molecule has 0 bridgehead atoms. The highest BCUT2D eigenvalue weighted by Gasteiger charge is 2.22. The van der Waals surface area contributed by atoms with Crippen LogP contribution in [0.2, 0.25) is 0 Å². The summed E-state index contributed by atoms with van der Waals surface area (Å²) in [5.74, 6) is 0.983. The highest BCUT2D eigenvalue weighted by atomic mass is 16.5. The highest BCUT2D eigenvalue weighted by molar-refractivity contribution is 5.78. The lowest BCUT2D eigenvalue weighted by atomic mass is 10.1. The van der Waals surface area contributed by atoms with E-state index >= 15 is 0 Å². The molecule has 0 spiro atoms. The lowest BCUT2D eigenvalue weighted by molar-refractivity contribution is -0.119. The van der Waals surface area contributed by atoms with E-state index in [1.807, 2.05) is 18.2 Å². The monoisotopic (exact) mass is 234 g/mol. The average Bonchev–Trinajstić information content (AvgIpc) is 2.75. The largest absolute Gasteiger partial charge is 0.497 e. The normalized spacial score (nSPS) is 21.1. The zero-order valence-corrected chi connectivity index (χ0v) is 10.2. The van der Waals surface area contributed by atoms with Crippen molar-refractivity contribution in [1.29, 1.82) is 0 Å². The van der Waals surface area contributed by atoms with Crippen LogP contribution >= 0.6 is 0 Å². The average molecular weight is 234 g/mol. The molecule has 2 N–H and O–H groups in total. The summed E-state index contributed by atoms with van der Waals surface area (Å²) in [4.78, 5) is 11.1. The van der Waals surface area contributed by atoms with Gasteiger partial charge < -0.3 is 15.4 Å². The van der Waals surface area contributed by atoms with Gasteiger partial charge in [0.2, 0.25) is 5.91 Å². The van der Waals surface area contributed by atoms with Crippen LogP contribution in [0.1, 0.15) is 24.9 Å². The molecule has 0 aromatic heterocycles. The Labute approximate surface area is 101 Å². The molecule has 1 aromatic carbocycles. The van der Waals surface area contributed by atoms with Crippen LogP contribution in [0.3, 0.4) is 0 Å². The van der Waals surface area contributed by atoms with E-state index in [0.717, 1.165) is 5.75 Å². The Morgan fingerprint density at radius 3 is 3.00 bits per heavy atom. The number of hydrogen-bond donors (Lipinski definition) is 2. The molecule has 1 fully saturated rings. The number of ether oxygens (including phenoxy) is 1. The molecular formula is C13H18N2O2. The number of carbonyl (C=O) groups is 1. The van der Waals surface area contributed by atoms with Crippen LogP contribution in [-0.4, -0.2) is 25.6 Å². The Balaban J connectivity index is 1.98. The second-order valence-corrected chi connectivity index (χ2v) is 4.37. The smallest absolute Gasteiger partial charge is 0.221 e. The molecule has 0 saturated carbocycles. The molecule has 2 rings (SSSR count). The summed E-state index contributed by atoms with van der Waals surface area (Å²) >= 11 is 0. The summed E-state index contributed by atoms with van der Waals surface area (Å²) in [6.07, 6.45) is 0.564. The molecule has 1 aliphatic heterocycles. The molecule has 0 aliphatic carbocycles. The van der Waals surface area contributed by atoms with Crippen molar-refractivity contribution < 1.29 is 9.53 Å². The van der Waals surface area contributed by atoms with Crippen molar-refractivity contribution in [3.05, 3.63) is 29.8 Å². The molecule has 1 saturated heterocycles. The van der Waals surface area contributed by atoms with E-state index in [9.17, 15) is 4.79 Å². The lowest BCUT2D eigenvalue weighted by Gasteiger charge is -2.18. The maximum Gasteiger partial charge on any atom is 0.221 e. The van der Waals surface area contributed by atoms with Crippen molar-refractivity contribution in [2.75, 3.05) is 13.7 Å². The van der Waals surface area contributed by atoms with Crippen LogP contribution in [-0.2, 0) is 4.79 Å². The van der Waals surface area contributed by atoms with Gasteiger partial charge in [-0.3, -0.25) is 4.79 Å². The van der Waals surface area contributed by atoms with Gasteiger partial charge in [0.05, 0.1) is 7.11 Å². The molecule has 1 heterocycles. The van der Waals surface area contributed by atoms with Crippen LogP contribution in [0.5, 0.6) is 5.75 Å². The maximum absolute atomic E-state index is 11.1. The van der Waals surface area contributed by atoms with Gasteiger partial charge in [-0.1, -0.05) is 12.1 Å². The number of amides is 1. The predicted octanol–water partition coefficient (Wildman–Crippen LogP) is 1.23. The van der Waals surface area contributed by atoms with Crippen molar-refractivity contribution >= 4 is 5.91 Å². The van der Waals surface area contributed by atoms with E-state index in [-0.39, 0.29) is 18.0 Å². The van der Waals surface area contributed by atoms with E-state index in [1.165, 1.54) is 5.56 Å². The summed E-state index contributed by atoms with van der Waals surface area (Å²) in [6, 6.07) is 8.42. The first-order chi connectivity index (χ1) is 8.19. The van der Waals surface area contributed by atoms with Crippen molar-refractivity contribution in [3.63, 3.8) is 0 Å². The first kappa shape index (κ1) is 11.9. The molecule has 2 atom stereocenters. The Kier molecular flexibility index (Phi) is 3.64. The predicted molar refractivity (Wildman–Crippen MR) is 66.0 cm³/mol. The van der Waals surface area contributed by atoms with Crippen molar-refractivity contribution in [2.24, 2.45) is 0 Å². The molecule has 1 aromatic rings. The van der Waals surface area contributed by atoms with Gasteiger partial charge in [0.25, 0.3) is 0 Å². The van der Waals surface area contributed by atoms with E-state index in [0.29, 0.717) is 13.0 Å². The summed E-state index contributed by atoms with van der Waals surface area (Å²) in [6.45, 7) is 2.81. The first-order valence-corrected chi connectivity index (χ1v) is 5.85. The fourth-order valence-corrected chi connectivity index (χ4v) is 2.08. The van der Waals surface area contributed by atoms with Gasteiger partial charge in [-0.15, -0.1) is 0 Å². The van der Waals surface area contributed by atoms with Gasteiger partial charge >= 0.3 is 0 Å². The quantitative estimate of drug-likeness (QED) is 0.824. The third kappa shape index (κ3) is 2.97. The highest BCUT2D eigenvalue weighted by Crippen LogP contribution is 2.19. The second kappa shape index (κ2) is 5.19. The topological polar surface area (TPSA) is 50.4 Å². The van der Waals surface area contributed by atoms with Crippen LogP contribution < -0.4 is 15.4 Å². The molecule has 92 valence electrons. The second-order valence-electron chi connectivity index (χ2n) is 4.37. The number of carbonyl (C=O) groups excluding carboxylic acids is 1.